The highest BCUT2D eigenvalue weighted by molar-refractivity contribution is 7.07. The van der Waals surface area contributed by atoms with E-state index in [1.54, 1.807) is 23.4 Å². The Kier molecular flexibility index (Phi) is 3.69. The Balaban J connectivity index is 1.61. The summed E-state index contributed by atoms with van der Waals surface area (Å²) >= 11 is 1.11. The Hall–Kier alpha value is -2.22. The molecule has 116 valence electrons. The van der Waals surface area contributed by atoms with E-state index in [2.05, 4.69) is 9.59 Å². The molecule has 0 aromatic carbocycles. The molecule has 0 N–H and O–H groups in total. The minimum atomic E-state index is -0.103. The quantitative estimate of drug-likeness (QED) is 0.834. The molecule has 1 fully saturated rings. The number of aryl methyl sites for hydroxylation is 2. The molecule has 0 spiro atoms. The first-order chi connectivity index (χ1) is 10.5. The molecule has 22 heavy (non-hydrogen) atoms. The molecule has 0 atom stereocenters. The highest BCUT2D eigenvalue weighted by atomic mass is 32.1. The Morgan fingerprint density at radius 1 is 1.36 bits per heavy atom. The third-order valence-electron chi connectivity index (χ3n) is 3.76. The van der Waals surface area contributed by atoms with Crippen LogP contribution in [-0.4, -0.2) is 44.2 Å². The maximum Gasteiger partial charge on any atom is 0.267 e. The van der Waals surface area contributed by atoms with Crippen molar-refractivity contribution < 1.29 is 9.53 Å². The van der Waals surface area contributed by atoms with Gasteiger partial charge in [0.1, 0.15) is 16.7 Å². The number of rotatable bonds is 3. The lowest BCUT2D eigenvalue weighted by atomic mass is 10.1. The van der Waals surface area contributed by atoms with Gasteiger partial charge in [-0.2, -0.15) is 0 Å². The standard InChI is InChI=1S/C14H16N4O3S/c1-8-4-10(5-12(19)17(8)3)21-11-6-18(7-11)14(20)13-9(2)15-16-22-13/h4-5,11H,6-7H2,1-3H3. The van der Waals surface area contributed by atoms with Crippen molar-refractivity contribution in [3.05, 3.63) is 38.8 Å². The van der Waals surface area contributed by atoms with Gasteiger partial charge in [0.05, 0.1) is 18.8 Å². The van der Waals surface area contributed by atoms with Crippen LogP contribution in [0.5, 0.6) is 5.75 Å². The van der Waals surface area contributed by atoms with Gasteiger partial charge in [0.15, 0.2) is 0 Å². The zero-order valence-corrected chi connectivity index (χ0v) is 13.4. The van der Waals surface area contributed by atoms with Gasteiger partial charge in [0, 0.05) is 18.8 Å². The van der Waals surface area contributed by atoms with E-state index in [0.29, 0.717) is 29.4 Å². The predicted octanol–water partition coefficient (Wildman–Crippen LogP) is 0.757. The second kappa shape index (κ2) is 5.53. The number of likely N-dealkylation sites (tertiary alicyclic amines) is 1. The largest absolute Gasteiger partial charge is 0.486 e. The molecule has 3 rings (SSSR count). The minimum Gasteiger partial charge on any atom is -0.486 e. The van der Waals surface area contributed by atoms with Crippen molar-refractivity contribution in [1.29, 1.82) is 0 Å². The predicted molar refractivity (Wildman–Crippen MR) is 81.4 cm³/mol. The summed E-state index contributed by atoms with van der Waals surface area (Å²) < 4.78 is 11.1. The molecule has 0 radical (unpaired) electrons. The average molecular weight is 320 g/mol. The fourth-order valence-corrected chi connectivity index (χ4v) is 2.87. The Morgan fingerprint density at radius 2 is 2.09 bits per heavy atom. The molecule has 0 aliphatic carbocycles. The van der Waals surface area contributed by atoms with Gasteiger partial charge in [-0.25, -0.2) is 0 Å². The molecule has 1 saturated heterocycles. The Labute approximate surface area is 131 Å². The number of carbonyl (C=O) groups is 1. The number of hydrogen-bond acceptors (Lipinski definition) is 6. The van der Waals surface area contributed by atoms with Gasteiger partial charge in [-0.3, -0.25) is 9.59 Å². The van der Waals surface area contributed by atoms with Crippen molar-refractivity contribution >= 4 is 17.4 Å². The number of pyridine rings is 1. The summed E-state index contributed by atoms with van der Waals surface area (Å²) in [5.74, 6) is 0.487. The SMILES string of the molecule is Cc1nnsc1C(=O)N1CC(Oc2cc(C)n(C)c(=O)c2)C1. The van der Waals surface area contributed by atoms with E-state index in [1.165, 1.54) is 6.07 Å². The van der Waals surface area contributed by atoms with Crippen LogP contribution in [0.2, 0.25) is 0 Å². The number of ether oxygens (including phenoxy) is 1. The zero-order chi connectivity index (χ0) is 15.9. The molecule has 1 amide bonds. The van der Waals surface area contributed by atoms with Crippen LogP contribution in [0, 0.1) is 13.8 Å². The van der Waals surface area contributed by atoms with Crippen LogP contribution < -0.4 is 10.3 Å². The van der Waals surface area contributed by atoms with Crippen LogP contribution >= 0.6 is 11.5 Å². The smallest absolute Gasteiger partial charge is 0.267 e. The minimum absolute atomic E-state index is 0.0625. The highest BCUT2D eigenvalue weighted by Gasteiger charge is 2.34. The molecular weight excluding hydrogens is 304 g/mol. The van der Waals surface area contributed by atoms with Crippen molar-refractivity contribution in [2.75, 3.05) is 13.1 Å². The van der Waals surface area contributed by atoms with Gasteiger partial charge >= 0.3 is 0 Å². The van der Waals surface area contributed by atoms with Crippen LogP contribution in [0.4, 0.5) is 0 Å². The molecule has 2 aromatic heterocycles. The molecule has 0 unspecified atom stereocenters. The maximum atomic E-state index is 12.2. The van der Waals surface area contributed by atoms with Gasteiger partial charge in [-0.05, 0) is 31.4 Å². The van der Waals surface area contributed by atoms with Gasteiger partial charge in [-0.15, -0.1) is 5.10 Å². The highest BCUT2D eigenvalue weighted by Crippen LogP contribution is 2.21. The molecule has 7 nitrogen and oxygen atoms in total. The summed E-state index contributed by atoms with van der Waals surface area (Å²) in [5, 5.41) is 3.85. The lowest BCUT2D eigenvalue weighted by Crippen LogP contribution is -2.56. The molecule has 2 aromatic rings. The van der Waals surface area contributed by atoms with Gasteiger partial charge in [0.25, 0.3) is 11.5 Å². The molecule has 1 aliphatic rings. The number of amides is 1. The monoisotopic (exact) mass is 320 g/mol. The van der Waals surface area contributed by atoms with Crippen molar-refractivity contribution in [2.45, 2.75) is 20.0 Å². The first kappa shape index (κ1) is 14.7. The van der Waals surface area contributed by atoms with E-state index >= 15 is 0 Å². The molecule has 0 bridgehead atoms. The van der Waals surface area contributed by atoms with Gasteiger partial charge in [-0.1, -0.05) is 4.49 Å². The average Bonchev–Trinajstić information content (AvgIpc) is 2.85. The van der Waals surface area contributed by atoms with E-state index in [9.17, 15) is 9.59 Å². The fourth-order valence-electron chi connectivity index (χ4n) is 2.25. The van der Waals surface area contributed by atoms with Crippen LogP contribution in [0.25, 0.3) is 0 Å². The van der Waals surface area contributed by atoms with Crippen LogP contribution in [0.1, 0.15) is 21.1 Å². The van der Waals surface area contributed by atoms with Crippen LogP contribution in [-0.2, 0) is 7.05 Å². The normalized spacial score (nSPS) is 14.8. The third kappa shape index (κ3) is 2.61. The Bertz CT molecular complexity index is 777. The zero-order valence-electron chi connectivity index (χ0n) is 12.6. The van der Waals surface area contributed by atoms with E-state index < -0.39 is 0 Å². The topological polar surface area (TPSA) is 77.3 Å². The number of carbonyl (C=O) groups excluding carboxylic acids is 1. The molecule has 1 aliphatic heterocycles. The molecular formula is C14H16N4O3S. The summed E-state index contributed by atoms with van der Waals surface area (Å²) in [5.41, 5.74) is 1.39. The molecule has 3 heterocycles. The van der Waals surface area contributed by atoms with E-state index in [-0.39, 0.29) is 17.6 Å². The van der Waals surface area contributed by atoms with Crippen molar-refractivity contribution in [1.82, 2.24) is 19.1 Å². The number of nitrogens with zero attached hydrogens (tertiary/aromatic N) is 4. The summed E-state index contributed by atoms with van der Waals surface area (Å²) in [7, 11) is 1.72. The summed E-state index contributed by atoms with van der Waals surface area (Å²) in [4.78, 5) is 26.2. The van der Waals surface area contributed by atoms with Crippen molar-refractivity contribution in [3.63, 3.8) is 0 Å². The fraction of sp³-hybridized carbons (Fsp3) is 0.429. The lowest BCUT2D eigenvalue weighted by Gasteiger charge is -2.38. The van der Waals surface area contributed by atoms with E-state index in [1.807, 2.05) is 13.0 Å². The lowest BCUT2D eigenvalue weighted by molar-refractivity contribution is 0.0179. The van der Waals surface area contributed by atoms with Crippen molar-refractivity contribution in [2.24, 2.45) is 7.05 Å². The molecule has 8 heteroatoms. The van der Waals surface area contributed by atoms with Crippen LogP contribution in [0.15, 0.2) is 16.9 Å². The summed E-state index contributed by atoms with van der Waals surface area (Å²) in [6, 6.07) is 3.29. The first-order valence-electron chi connectivity index (χ1n) is 6.88. The third-order valence-corrected chi connectivity index (χ3v) is 4.58. The van der Waals surface area contributed by atoms with E-state index in [0.717, 1.165) is 17.2 Å². The Morgan fingerprint density at radius 3 is 2.68 bits per heavy atom. The second-order valence-corrected chi connectivity index (χ2v) is 6.12. The summed E-state index contributed by atoms with van der Waals surface area (Å²) in [6.07, 6.45) is -0.0864. The van der Waals surface area contributed by atoms with Crippen LogP contribution in [0.3, 0.4) is 0 Å². The van der Waals surface area contributed by atoms with E-state index in [4.69, 9.17) is 4.74 Å². The number of aromatic nitrogens is 3. The number of hydrogen-bond donors (Lipinski definition) is 0. The summed E-state index contributed by atoms with van der Waals surface area (Å²) in [6.45, 7) is 4.63. The maximum absolute atomic E-state index is 12.2. The molecule has 0 saturated carbocycles. The first-order valence-corrected chi connectivity index (χ1v) is 7.65. The second-order valence-electron chi connectivity index (χ2n) is 5.37. The van der Waals surface area contributed by atoms with Crippen molar-refractivity contribution in [3.8, 4) is 5.75 Å². The van der Waals surface area contributed by atoms with Gasteiger partial charge < -0.3 is 14.2 Å². The van der Waals surface area contributed by atoms with Gasteiger partial charge in [0.2, 0.25) is 0 Å².